The summed E-state index contributed by atoms with van der Waals surface area (Å²) in [5, 5.41) is 0. The molecule has 12 heavy (non-hydrogen) atoms. The highest BCUT2D eigenvalue weighted by Crippen LogP contribution is 2.08. The van der Waals surface area contributed by atoms with Gasteiger partial charge < -0.3 is 11.5 Å². The second-order valence-electron chi connectivity index (χ2n) is 2.53. The van der Waals surface area contributed by atoms with Crippen LogP contribution in [0.3, 0.4) is 0 Å². The number of aromatic nitrogens is 1. The number of nitrogens with zero attached hydrogens (tertiary/aromatic N) is 1. The summed E-state index contributed by atoms with van der Waals surface area (Å²) in [7, 11) is 0. The van der Waals surface area contributed by atoms with Crippen LogP contribution in [0.2, 0.25) is 0 Å². The van der Waals surface area contributed by atoms with E-state index in [1.165, 1.54) is 0 Å². The molecule has 1 rings (SSSR count). The number of hydrogen-bond acceptors (Lipinski definition) is 3. The summed E-state index contributed by atoms with van der Waals surface area (Å²) in [6.45, 7) is 0. The van der Waals surface area contributed by atoms with E-state index >= 15 is 0 Å². The van der Waals surface area contributed by atoms with Crippen LogP contribution in [0.15, 0.2) is 24.4 Å². The number of carbonyl (C=O) groups excluding carboxylic acids is 1. The number of hydrogen-bond donors (Lipinski definition) is 2. The molecule has 0 aliphatic carbocycles. The van der Waals surface area contributed by atoms with E-state index in [1.807, 2.05) is 6.07 Å². The van der Waals surface area contributed by atoms with E-state index in [0.29, 0.717) is 5.69 Å². The van der Waals surface area contributed by atoms with E-state index < -0.39 is 5.91 Å². The van der Waals surface area contributed by atoms with Gasteiger partial charge in [0.25, 0.3) is 0 Å². The Morgan fingerprint density at radius 3 is 2.83 bits per heavy atom. The third-order valence-electron chi connectivity index (χ3n) is 1.49. The predicted molar refractivity (Wildman–Crippen MR) is 45.0 cm³/mol. The molecule has 0 unspecified atom stereocenters. The molecule has 1 amide bonds. The lowest BCUT2D eigenvalue weighted by Crippen LogP contribution is -2.21. The molecule has 1 atom stereocenters. The number of rotatable bonds is 3. The monoisotopic (exact) mass is 165 g/mol. The first-order valence-corrected chi connectivity index (χ1v) is 3.65. The van der Waals surface area contributed by atoms with Crippen molar-refractivity contribution in [2.75, 3.05) is 0 Å². The third kappa shape index (κ3) is 2.32. The Morgan fingerprint density at radius 1 is 1.58 bits per heavy atom. The molecular formula is C8H11N3O. The van der Waals surface area contributed by atoms with E-state index in [2.05, 4.69) is 4.98 Å². The van der Waals surface area contributed by atoms with Crippen LogP contribution >= 0.6 is 0 Å². The van der Waals surface area contributed by atoms with Crippen LogP contribution in [0.25, 0.3) is 0 Å². The van der Waals surface area contributed by atoms with Crippen LogP contribution < -0.4 is 11.5 Å². The molecule has 0 saturated carbocycles. The van der Waals surface area contributed by atoms with Crippen molar-refractivity contribution in [2.45, 2.75) is 12.5 Å². The van der Waals surface area contributed by atoms with Crippen molar-refractivity contribution in [3.63, 3.8) is 0 Å². The molecule has 0 bridgehead atoms. The van der Waals surface area contributed by atoms with Gasteiger partial charge in [0, 0.05) is 12.6 Å². The van der Waals surface area contributed by atoms with Crippen molar-refractivity contribution in [1.29, 1.82) is 0 Å². The van der Waals surface area contributed by atoms with Gasteiger partial charge >= 0.3 is 0 Å². The summed E-state index contributed by atoms with van der Waals surface area (Å²) in [5.41, 5.74) is 11.3. The van der Waals surface area contributed by atoms with Crippen LogP contribution in [0.4, 0.5) is 0 Å². The van der Waals surface area contributed by atoms with Crippen molar-refractivity contribution >= 4 is 5.91 Å². The molecule has 0 spiro atoms. The summed E-state index contributed by atoms with van der Waals surface area (Å²) in [5.74, 6) is -0.409. The van der Waals surface area contributed by atoms with E-state index in [9.17, 15) is 4.79 Å². The molecule has 1 aromatic rings. The minimum atomic E-state index is -0.409. The average Bonchev–Trinajstić information content (AvgIpc) is 2.05. The fourth-order valence-corrected chi connectivity index (χ4v) is 0.917. The Balaban J connectivity index is 2.65. The standard InChI is InChI=1S/C8H11N3O/c9-6(5-8(10)12)7-3-1-2-4-11-7/h1-4,6H,5,9H2,(H2,10,12)/t6-/m0/s1. The van der Waals surface area contributed by atoms with Crippen LogP contribution in [-0.4, -0.2) is 10.9 Å². The molecule has 4 N–H and O–H groups in total. The van der Waals surface area contributed by atoms with Gasteiger partial charge in [0.2, 0.25) is 5.91 Å². The molecule has 0 radical (unpaired) electrons. The minimum Gasteiger partial charge on any atom is -0.370 e. The maximum Gasteiger partial charge on any atom is 0.219 e. The smallest absolute Gasteiger partial charge is 0.219 e. The topological polar surface area (TPSA) is 82.0 Å². The molecule has 1 aromatic heterocycles. The van der Waals surface area contributed by atoms with E-state index in [1.54, 1.807) is 18.3 Å². The van der Waals surface area contributed by atoms with Crippen molar-refractivity contribution in [1.82, 2.24) is 4.98 Å². The predicted octanol–water partition coefficient (Wildman–Crippen LogP) is -0.0432. The molecule has 64 valence electrons. The first kappa shape index (κ1) is 8.67. The first-order chi connectivity index (χ1) is 5.70. The number of primary amides is 1. The second-order valence-corrected chi connectivity index (χ2v) is 2.53. The van der Waals surface area contributed by atoms with E-state index in [4.69, 9.17) is 11.5 Å². The van der Waals surface area contributed by atoms with Crippen LogP contribution in [-0.2, 0) is 4.79 Å². The summed E-state index contributed by atoms with van der Waals surface area (Å²) in [4.78, 5) is 14.5. The highest BCUT2D eigenvalue weighted by molar-refractivity contribution is 5.74. The molecule has 0 aliphatic rings. The van der Waals surface area contributed by atoms with Gasteiger partial charge in [-0.15, -0.1) is 0 Å². The second kappa shape index (κ2) is 3.82. The average molecular weight is 165 g/mol. The number of nitrogens with two attached hydrogens (primary N) is 2. The first-order valence-electron chi connectivity index (χ1n) is 3.65. The summed E-state index contributed by atoms with van der Waals surface area (Å²) >= 11 is 0. The van der Waals surface area contributed by atoms with E-state index in [-0.39, 0.29) is 12.5 Å². The largest absolute Gasteiger partial charge is 0.370 e. The van der Waals surface area contributed by atoms with Crippen molar-refractivity contribution in [3.05, 3.63) is 30.1 Å². The molecule has 1 heterocycles. The Bertz CT molecular complexity index is 260. The van der Waals surface area contributed by atoms with Crippen LogP contribution in [0.5, 0.6) is 0 Å². The molecule has 0 fully saturated rings. The molecular weight excluding hydrogens is 154 g/mol. The van der Waals surface area contributed by atoms with Crippen molar-refractivity contribution < 1.29 is 4.79 Å². The molecule has 4 heteroatoms. The van der Waals surface area contributed by atoms with Gasteiger partial charge in [-0.1, -0.05) is 6.07 Å². The lowest BCUT2D eigenvalue weighted by Gasteiger charge is -2.07. The molecule has 0 saturated heterocycles. The van der Waals surface area contributed by atoms with Crippen LogP contribution in [0, 0.1) is 0 Å². The van der Waals surface area contributed by atoms with Crippen molar-refractivity contribution in [2.24, 2.45) is 11.5 Å². The molecule has 0 aliphatic heterocycles. The van der Waals surface area contributed by atoms with Crippen LogP contribution in [0.1, 0.15) is 18.2 Å². The highest BCUT2D eigenvalue weighted by Gasteiger charge is 2.08. The van der Waals surface area contributed by atoms with Gasteiger partial charge in [0.05, 0.1) is 11.7 Å². The normalized spacial score (nSPS) is 12.4. The highest BCUT2D eigenvalue weighted by atomic mass is 16.1. The lowest BCUT2D eigenvalue weighted by molar-refractivity contribution is -0.118. The fraction of sp³-hybridized carbons (Fsp3) is 0.250. The summed E-state index contributed by atoms with van der Waals surface area (Å²) in [6, 6.07) is 5.00. The molecule has 4 nitrogen and oxygen atoms in total. The number of pyridine rings is 1. The summed E-state index contributed by atoms with van der Waals surface area (Å²) < 4.78 is 0. The summed E-state index contributed by atoms with van der Waals surface area (Å²) in [6.07, 6.45) is 1.77. The van der Waals surface area contributed by atoms with Gasteiger partial charge in [0.1, 0.15) is 0 Å². The number of carbonyl (C=O) groups is 1. The Labute approximate surface area is 70.6 Å². The van der Waals surface area contributed by atoms with Gasteiger partial charge in [-0.05, 0) is 12.1 Å². The number of amides is 1. The van der Waals surface area contributed by atoms with Gasteiger partial charge in [-0.2, -0.15) is 0 Å². The zero-order valence-corrected chi connectivity index (χ0v) is 6.60. The lowest BCUT2D eigenvalue weighted by atomic mass is 10.1. The van der Waals surface area contributed by atoms with Gasteiger partial charge in [-0.25, -0.2) is 0 Å². The quantitative estimate of drug-likeness (QED) is 0.659. The zero-order chi connectivity index (χ0) is 8.97. The third-order valence-corrected chi connectivity index (χ3v) is 1.49. The Morgan fingerprint density at radius 2 is 2.33 bits per heavy atom. The SMILES string of the molecule is NC(=O)C[C@H](N)c1ccccn1. The minimum absolute atomic E-state index is 0.136. The van der Waals surface area contributed by atoms with Gasteiger partial charge in [-0.3, -0.25) is 9.78 Å². The van der Waals surface area contributed by atoms with E-state index in [0.717, 1.165) is 0 Å². The molecule has 0 aromatic carbocycles. The Hall–Kier alpha value is -1.42. The Kier molecular flexibility index (Phi) is 2.76. The van der Waals surface area contributed by atoms with Crippen molar-refractivity contribution in [3.8, 4) is 0 Å². The zero-order valence-electron chi connectivity index (χ0n) is 6.60. The fourth-order valence-electron chi connectivity index (χ4n) is 0.917. The maximum absolute atomic E-state index is 10.5. The maximum atomic E-state index is 10.5. The van der Waals surface area contributed by atoms with Gasteiger partial charge in [0.15, 0.2) is 0 Å².